The van der Waals surface area contributed by atoms with Crippen molar-refractivity contribution >= 4 is 11.9 Å². The van der Waals surface area contributed by atoms with Gasteiger partial charge in [-0.3, -0.25) is 0 Å². The molecule has 0 fully saturated rings. The Morgan fingerprint density at radius 3 is 1.73 bits per heavy atom. The van der Waals surface area contributed by atoms with Crippen molar-refractivity contribution in [2.24, 2.45) is 5.92 Å². The summed E-state index contributed by atoms with van der Waals surface area (Å²) in [5.41, 5.74) is 0.291. The molecule has 170 valence electrons. The second kappa shape index (κ2) is 16.8. The van der Waals surface area contributed by atoms with Gasteiger partial charge in [0.1, 0.15) is 11.4 Å². The quantitative estimate of drug-likeness (QED) is 0.206. The number of nitrogens with zero attached hydrogens (tertiary/aromatic N) is 1. The number of carbonyl (C=O) groups is 2. The monoisotopic (exact) mass is 419 g/mol. The maximum atomic E-state index is 12.2. The van der Waals surface area contributed by atoms with E-state index in [2.05, 4.69) is 25.8 Å². The van der Waals surface area contributed by atoms with Crippen LogP contribution in [-0.2, 0) is 9.47 Å². The molecule has 0 unspecified atom stereocenters. The molecular formula is C25H41NO4. The molecule has 0 aliphatic rings. The van der Waals surface area contributed by atoms with E-state index in [1.807, 2.05) is 0 Å². The second-order valence-corrected chi connectivity index (χ2v) is 8.40. The van der Waals surface area contributed by atoms with E-state index >= 15 is 0 Å². The van der Waals surface area contributed by atoms with Crippen LogP contribution in [0.15, 0.2) is 18.2 Å². The molecule has 0 spiro atoms. The van der Waals surface area contributed by atoms with Gasteiger partial charge in [0.05, 0.1) is 13.2 Å². The summed E-state index contributed by atoms with van der Waals surface area (Å²) < 4.78 is 10.5. The summed E-state index contributed by atoms with van der Waals surface area (Å²) in [6.45, 7) is 7.12. The van der Waals surface area contributed by atoms with Crippen LogP contribution in [0.1, 0.15) is 119 Å². The van der Waals surface area contributed by atoms with Crippen LogP contribution in [0.3, 0.4) is 0 Å². The van der Waals surface area contributed by atoms with Crippen molar-refractivity contribution in [1.82, 2.24) is 4.98 Å². The van der Waals surface area contributed by atoms with Gasteiger partial charge in [-0.1, -0.05) is 91.0 Å². The molecule has 5 heteroatoms. The van der Waals surface area contributed by atoms with Crippen molar-refractivity contribution in [2.75, 3.05) is 13.2 Å². The van der Waals surface area contributed by atoms with Crippen LogP contribution in [0.2, 0.25) is 0 Å². The zero-order valence-corrected chi connectivity index (χ0v) is 19.3. The summed E-state index contributed by atoms with van der Waals surface area (Å²) in [6, 6.07) is 4.75. The Bertz CT molecular complexity index is 601. The summed E-state index contributed by atoms with van der Waals surface area (Å²) in [7, 11) is 0. The molecule has 0 aromatic carbocycles. The Balaban J connectivity index is 2.15. The zero-order valence-electron chi connectivity index (χ0n) is 19.3. The average Bonchev–Trinajstić information content (AvgIpc) is 2.74. The van der Waals surface area contributed by atoms with Gasteiger partial charge >= 0.3 is 11.9 Å². The molecule has 0 saturated heterocycles. The first-order valence-electron chi connectivity index (χ1n) is 11.9. The molecule has 0 radical (unpaired) electrons. The third-order valence-corrected chi connectivity index (χ3v) is 5.08. The summed E-state index contributed by atoms with van der Waals surface area (Å²) in [5.74, 6) is -0.530. The largest absolute Gasteiger partial charge is 0.461 e. The minimum Gasteiger partial charge on any atom is -0.461 e. The highest BCUT2D eigenvalue weighted by Crippen LogP contribution is 2.12. The van der Waals surface area contributed by atoms with E-state index in [0.29, 0.717) is 19.1 Å². The highest BCUT2D eigenvalue weighted by molar-refractivity contribution is 5.91. The number of rotatable bonds is 17. The molecule has 0 atom stereocenters. The Hall–Kier alpha value is -1.91. The molecule has 1 rings (SSSR count). The minimum absolute atomic E-state index is 0.142. The second-order valence-electron chi connectivity index (χ2n) is 8.40. The number of unbranched alkanes of at least 4 members (excludes halogenated alkanes) is 10. The first-order chi connectivity index (χ1) is 14.5. The van der Waals surface area contributed by atoms with E-state index in [-0.39, 0.29) is 11.4 Å². The number of pyridine rings is 1. The Morgan fingerprint density at radius 2 is 1.23 bits per heavy atom. The molecule has 0 N–H and O–H groups in total. The van der Waals surface area contributed by atoms with E-state index in [9.17, 15) is 9.59 Å². The van der Waals surface area contributed by atoms with Crippen molar-refractivity contribution in [3.63, 3.8) is 0 Å². The molecule has 1 heterocycles. The molecule has 1 aromatic rings. The molecule has 1 aromatic heterocycles. The maximum absolute atomic E-state index is 12.2. The molecule has 0 bridgehead atoms. The van der Waals surface area contributed by atoms with Gasteiger partial charge < -0.3 is 9.47 Å². The third-order valence-electron chi connectivity index (χ3n) is 5.08. The lowest BCUT2D eigenvalue weighted by atomic mass is 10.1. The predicted octanol–water partition coefficient (Wildman–Crippen LogP) is 6.75. The fraction of sp³-hybridized carbons (Fsp3) is 0.720. The SMILES string of the molecule is CCCCCCCCCCCCCOC(=O)c1cccc(C(=O)OCCC(C)C)n1. The van der Waals surface area contributed by atoms with E-state index < -0.39 is 11.9 Å². The third kappa shape index (κ3) is 12.6. The average molecular weight is 420 g/mol. The topological polar surface area (TPSA) is 65.5 Å². The minimum atomic E-state index is -0.504. The Kier molecular flexibility index (Phi) is 14.7. The molecule has 0 amide bonds. The first-order valence-corrected chi connectivity index (χ1v) is 11.9. The number of hydrogen-bond donors (Lipinski definition) is 0. The molecular weight excluding hydrogens is 378 g/mol. The van der Waals surface area contributed by atoms with Crippen LogP contribution < -0.4 is 0 Å². The van der Waals surface area contributed by atoms with Gasteiger partial charge in [0.15, 0.2) is 0 Å². The number of carbonyl (C=O) groups excluding carboxylic acids is 2. The van der Waals surface area contributed by atoms with Crippen LogP contribution >= 0.6 is 0 Å². The fourth-order valence-corrected chi connectivity index (χ4v) is 3.13. The molecule has 0 aliphatic heterocycles. The van der Waals surface area contributed by atoms with Gasteiger partial charge in [0.2, 0.25) is 0 Å². The van der Waals surface area contributed by atoms with Gasteiger partial charge in [0, 0.05) is 0 Å². The first kappa shape index (κ1) is 26.1. The highest BCUT2D eigenvalue weighted by atomic mass is 16.5. The number of ether oxygens (including phenoxy) is 2. The number of esters is 2. The highest BCUT2D eigenvalue weighted by Gasteiger charge is 2.14. The standard InChI is InChI=1S/C25H41NO4/c1-4-5-6-7-8-9-10-11-12-13-14-19-29-24(27)22-16-15-17-23(26-22)25(28)30-20-18-21(2)3/h15-17,21H,4-14,18-20H2,1-3H3. The summed E-state index contributed by atoms with van der Waals surface area (Å²) in [5, 5.41) is 0. The van der Waals surface area contributed by atoms with Crippen LogP contribution in [-0.4, -0.2) is 30.1 Å². The van der Waals surface area contributed by atoms with Crippen LogP contribution in [0.5, 0.6) is 0 Å². The Morgan fingerprint density at radius 1 is 0.767 bits per heavy atom. The van der Waals surface area contributed by atoms with Gasteiger partial charge in [-0.25, -0.2) is 14.6 Å². The van der Waals surface area contributed by atoms with Crippen molar-refractivity contribution in [2.45, 2.75) is 97.8 Å². The van der Waals surface area contributed by atoms with Crippen molar-refractivity contribution in [1.29, 1.82) is 0 Å². The number of aromatic nitrogens is 1. The van der Waals surface area contributed by atoms with E-state index in [0.717, 1.165) is 19.3 Å². The summed E-state index contributed by atoms with van der Waals surface area (Å²) >= 11 is 0. The predicted molar refractivity (Wildman–Crippen MR) is 121 cm³/mol. The molecule has 30 heavy (non-hydrogen) atoms. The zero-order chi connectivity index (χ0) is 22.0. The van der Waals surface area contributed by atoms with Crippen LogP contribution in [0, 0.1) is 5.92 Å². The van der Waals surface area contributed by atoms with Crippen molar-refractivity contribution in [3.05, 3.63) is 29.6 Å². The lowest BCUT2D eigenvalue weighted by Crippen LogP contribution is -2.14. The summed E-state index contributed by atoms with van der Waals surface area (Å²) in [4.78, 5) is 28.3. The van der Waals surface area contributed by atoms with Crippen molar-refractivity contribution < 1.29 is 19.1 Å². The van der Waals surface area contributed by atoms with Gasteiger partial charge in [0.25, 0.3) is 0 Å². The van der Waals surface area contributed by atoms with Crippen LogP contribution in [0.4, 0.5) is 0 Å². The number of hydrogen-bond acceptors (Lipinski definition) is 5. The van der Waals surface area contributed by atoms with Gasteiger partial charge in [-0.05, 0) is 30.9 Å². The smallest absolute Gasteiger partial charge is 0.356 e. The lowest BCUT2D eigenvalue weighted by Gasteiger charge is -2.08. The fourth-order valence-electron chi connectivity index (χ4n) is 3.13. The molecule has 5 nitrogen and oxygen atoms in total. The lowest BCUT2D eigenvalue weighted by molar-refractivity contribution is 0.0476. The van der Waals surface area contributed by atoms with Gasteiger partial charge in [-0.15, -0.1) is 0 Å². The summed E-state index contributed by atoms with van der Waals surface area (Å²) in [6.07, 6.45) is 14.6. The van der Waals surface area contributed by atoms with E-state index in [4.69, 9.17) is 9.47 Å². The van der Waals surface area contributed by atoms with E-state index in [1.165, 1.54) is 57.8 Å². The maximum Gasteiger partial charge on any atom is 0.356 e. The molecule has 0 aliphatic carbocycles. The Labute approximate surface area is 183 Å². The van der Waals surface area contributed by atoms with E-state index in [1.54, 1.807) is 18.2 Å². The van der Waals surface area contributed by atoms with Gasteiger partial charge in [-0.2, -0.15) is 0 Å². The normalized spacial score (nSPS) is 10.9. The van der Waals surface area contributed by atoms with Crippen LogP contribution in [0.25, 0.3) is 0 Å². The van der Waals surface area contributed by atoms with Crippen molar-refractivity contribution in [3.8, 4) is 0 Å². The molecule has 0 saturated carbocycles.